The van der Waals surface area contributed by atoms with Crippen LogP contribution in [0.5, 0.6) is 0 Å². The van der Waals surface area contributed by atoms with Crippen LogP contribution in [0, 0.1) is 5.82 Å². The Balaban J connectivity index is 1.65. The normalized spacial score (nSPS) is 18.8. The third kappa shape index (κ3) is 4.47. The Kier molecular flexibility index (Phi) is 6.63. The molecule has 0 aromatic carbocycles. The molecule has 0 N–H and O–H groups in total. The molecule has 0 saturated carbocycles. The van der Waals surface area contributed by atoms with Crippen LogP contribution in [0.2, 0.25) is 0 Å². The van der Waals surface area contributed by atoms with E-state index in [9.17, 15) is 9.59 Å². The predicted octanol–water partition coefficient (Wildman–Crippen LogP) is 3.12. The minimum atomic E-state index is -0.615. The lowest BCUT2D eigenvalue weighted by Gasteiger charge is -2.44. The molecule has 4 bridgehead atoms. The molecular formula is C29H32FN9O2. The Labute approximate surface area is 236 Å². The Bertz CT molecular complexity index is 1740. The van der Waals surface area contributed by atoms with Gasteiger partial charge in [0.2, 0.25) is 5.91 Å². The smallest absolute Gasteiger partial charge is 0.349 e. The standard InChI is InChI=1S/C29H32FN9O2/c1-6-23(40)36-13-18(5)37(14-17(36)4)26-21-12-22(30)28-32-27(21)39(29(41)33-26)25-19(10-11-31-24(25)16(2)3)8-7-9-20-15-38(28)35-34-20/h6,10-12,15-18H,1,7-9,13-14H2,2-5H3. The van der Waals surface area contributed by atoms with Crippen molar-refractivity contribution < 1.29 is 9.18 Å². The molecule has 2 aliphatic heterocycles. The fraction of sp³-hybridized carbons (Fsp3) is 0.414. The number of hydrogen-bond acceptors (Lipinski definition) is 8. The zero-order chi connectivity index (χ0) is 29.0. The van der Waals surface area contributed by atoms with Gasteiger partial charge in [-0.3, -0.25) is 9.78 Å². The Morgan fingerprint density at radius 1 is 1.15 bits per heavy atom. The number of halogens is 1. The van der Waals surface area contributed by atoms with Gasteiger partial charge >= 0.3 is 5.69 Å². The SMILES string of the molecule is C=CC(=O)N1CC(C)N(c2nc(=O)n3c4nc(c(F)cc24)-n2cc(nn2)CCCc2ccnc(C(C)C)c2-3)CC1C. The van der Waals surface area contributed by atoms with E-state index < -0.39 is 11.5 Å². The lowest BCUT2D eigenvalue weighted by Crippen LogP contribution is -2.58. The summed E-state index contributed by atoms with van der Waals surface area (Å²) in [5, 5.41) is 8.74. The van der Waals surface area contributed by atoms with E-state index in [4.69, 9.17) is 4.98 Å². The molecule has 4 aromatic rings. The number of fused-ring (bicyclic) bond motifs is 6. The second-order valence-electron chi connectivity index (χ2n) is 11.1. The van der Waals surface area contributed by atoms with Crippen LogP contribution in [0.25, 0.3) is 22.5 Å². The number of piperazine rings is 1. The molecule has 2 atom stereocenters. The van der Waals surface area contributed by atoms with Crippen LogP contribution in [0.1, 0.15) is 57.0 Å². The number of carbonyl (C=O) groups excluding carboxylic acids is 1. The van der Waals surface area contributed by atoms with Crippen molar-refractivity contribution >= 4 is 22.8 Å². The lowest BCUT2D eigenvalue weighted by atomic mass is 9.99. The van der Waals surface area contributed by atoms with Crippen molar-refractivity contribution in [1.82, 2.24) is 39.4 Å². The van der Waals surface area contributed by atoms with E-state index in [2.05, 4.69) is 26.9 Å². The summed E-state index contributed by atoms with van der Waals surface area (Å²) in [6.07, 6.45) is 6.80. The summed E-state index contributed by atoms with van der Waals surface area (Å²) >= 11 is 0. The molecule has 41 heavy (non-hydrogen) atoms. The molecule has 1 amide bonds. The molecule has 12 heteroatoms. The predicted molar refractivity (Wildman–Crippen MR) is 152 cm³/mol. The van der Waals surface area contributed by atoms with Crippen LogP contribution >= 0.6 is 0 Å². The van der Waals surface area contributed by atoms with Crippen LogP contribution < -0.4 is 10.6 Å². The van der Waals surface area contributed by atoms with Gasteiger partial charge in [0.05, 0.1) is 28.7 Å². The number of anilines is 1. The van der Waals surface area contributed by atoms with E-state index in [1.165, 1.54) is 21.4 Å². The maximum Gasteiger partial charge on any atom is 0.355 e. The van der Waals surface area contributed by atoms with E-state index >= 15 is 4.39 Å². The second-order valence-corrected chi connectivity index (χ2v) is 11.1. The van der Waals surface area contributed by atoms with Gasteiger partial charge in [-0.25, -0.2) is 18.7 Å². The molecule has 2 unspecified atom stereocenters. The summed E-state index contributed by atoms with van der Waals surface area (Å²) in [6.45, 7) is 12.3. The zero-order valence-electron chi connectivity index (χ0n) is 23.6. The number of aryl methyl sites for hydroxylation is 2. The number of hydrogen-bond donors (Lipinski definition) is 0. The summed E-state index contributed by atoms with van der Waals surface area (Å²) in [7, 11) is 0. The molecule has 11 nitrogen and oxygen atoms in total. The molecule has 1 saturated heterocycles. The van der Waals surface area contributed by atoms with Crippen molar-refractivity contribution in [3.8, 4) is 11.5 Å². The molecule has 6 rings (SSSR count). The quantitative estimate of drug-likeness (QED) is 0.353. The fourth-order valence-corrected chi connectivity index (χ4v) is 5.89. The third-order valence-corrected chi connectivity index (χ3v) is 7.94. The van der Waals surface area contributed by atoms with Crippen molar-refractivity contribution in [3.63, 3.8) is 0 Å². The van der Waals surface area contributed by atoms with Crippen molar-refractivity contribution in [3.05, 3.63) is 70.4 Å². The number of aromatic nitrogens is 7. The molecule has 2 aliphatic rings. The highest BCUT2D eigenvalue weighted by molar-refractivity contribution is 5.90. The van der Waals surface area contributed by atoms with Crippen LogP contribution in [0.4, 0.5) is 10.2 Å². The van der Waals surface area contributed by atoms with Crippen molar-refractivity contribution in [1.29, 1.82) is 0 Å². The third-order valence-electron chi connectivity index (χ3n) is 7.94. The minimum absolute atomic E-state index is 0.00314. The highest BCUT2D eigenvalue weighted by atomic mass is 19.1. The van der Waals surface area contributed by atoms with Crippen LogP contribution in [0.15, 0.2) is 42.0 Å². The first-order valence-corrected chi connectivity index (χ1v) is 13.9. The first kappa shape index (κ1) is 26.7. The second kappa shape index (κ2) is 10.2. The zero-order valence-corrected chi connectivity index (χ0v) is 23.6. The van der Waals surface area contributed by atoms with E-state index in [-0.39, 0.29) is 35.4 Å². The Morgan fingerprint density at radius 3 is 2.71 bits per heavy atom. The van der Waals surface area contributed by atoms with Gasteiger partial charge in [-0.05, 0) is 62.8 Å². The molecule has 0 radical (unpaired) electrons. The Hall–Kier alpha value is -4.48. The van der Waals surface area contributed by atoms with E-state index in [0.717, 1.165) is 23.4 Å². The number of carbonyl (C=O) groups is 1. The topological polar surface area (TPSA) is 115 Å². The average Bonchev–Trinajstić information content (AvgIpc) is 3.41. The Morgan fingerprint density at radius 2 is 1.95 bits per heavy atom. The van der Waals surface area contributed by atoms with E-state index in [0.29, 0.717) is 42.8 Å². The van der Waals surface area contributed by atoms with Gasteiger partial charge in [-0.2, -0.15) is 9.67 Å². The summed E-state index contributed by atoms with van der Waals surface area (Å²) in [4.78, 5) is 44.2. The average molecular weight is 558 g/mol. The van der Waals surface area contributed by atoms with Crippen LogP contribution in [0.3, 0.4) is 0 Å². The van der Waals surface area contributed by atoms with Gasteiger partial charge in [0.15, 0.2) is 17.3 Å². The summed E-state index contributed by atoms with van der Waals surface area (Å²) < 4.78 is 18.6. The molecule has 0 spiro atoms. The maximum absolute atomic E-state index is 15.8. The number of pyridine rings is 2. The van der Waals surface area contributed by atoms with E-state index in [1.54, 1.807) is 17.3 Å². The summed E-state index contributed by atoms with van der Waals surface area (Å²) in [5.74, 6) is -0.499. The minimum Gasteiger partial charge on any atom is -0.349 e. The molecule has 0 aliphatic carbocycles. The summed E-state index contributed by atoms with van der Waals surface area (Å²) in [5.41, 5.74) is 2.76. The maximum atomic E-state index is 15.8. The van der Waals surface area contributed by atoms with Crippen molar-refractivity contribution in [2.45, 2.75) is 65.0 Å². The van der Waals surface area contributed by atoms with Gasteiger partial charge < -0.3 is 9.80 Å². The molecular weight excluding hydrogens is 525 g/mol. The monoisotopic (exact) mass is 557 g/mol. The van der Waals surface area contributed by atoms with Gasteiger partial charge in [0.25, 0.3) is 0 Å². The van der Waals surface area contributed by atoms with Gasteiger partial charge in [-0.15, -0.1) is 5.10 Å². The van der Waals surface area contributed by atoms with Crippen molar-refractivity contribution in [2.75, 3.05) is 18.0 Å². The van der Waals surface area contributed by atoms with Gasteiger partial charge in [-0.1, -0.05) is 25.6 Å². The fourth-order valence-electron chi connectivity index (χ4n) is 5.89. The van der Waals surface area contributed by atoms with Crippen LogP contribution in [-0.2, 0) is 17.6 Å². The first-order chi connectivity index (χ1) is 19.7. The lowest BCUT2D eigenvalue weighted by molar-refractivity contribution is -0.128. The highest BCUT2D eigenvalue weighted by Crippen LogP contribution is 2.33. The molecule has 212 valence electrons. The van der Waals surface area contributed by atoms with Crippen LogP contribution in [-0.4, -0.2) is 70.5 Å². The highest BCUT2D eigenvalue weighted by Gasteiger charge is 2.34. The number of amides is 1. The van der Waals surface area contributed by atoms with Gasteiger partial charge in [0, 0.05) is 31.4 Å². The van der Waals surface area contributed by atoms with Gasteiger partial charge in [0.1, 0.15) is 5.82 Å². The van der Waals surface area contributed by atoms with Crippen molar-refractivity contribution in [2.24, 2.45) is 0 Å². The number of nitrogens with zero attached hydrogens (tertiary/aromatic N) is 9. The first-order valence-electron chi connectivity index (χ1n) is 13.9. The molecule has 4 aromatic heterocycles. The summed E-state index contributed by atoms with van der Waals surface area (Å²) in [6, 6.07) is 2.90. The molecule has 6 heterocycles. The largest absolute Gasteiger partial charge is 0.355 e. The molecule has 1 fully saturated rings. The van der Waals surface area contributed by atoms with E-state index in [1.807, 2.05) is 38.7 Å². The number of rotatable bonds is 3.